The van der Waals surface area contributed by atoms with Gasteiger partial charge in [-0.1, -0.05) is 15.9 Å². The highest BCUT2D eigenvalue weighted by Gasteiger charge is 2.25. The number of hydrogen-bond donors (Lipinski definition) is 1. The number of nitrogens with one attached hydrogen (secondary N) is 1. The highest BCUT2D eigenvalue weighted by molar-refractivity contribution is 9.10. The molecule has 2 aromatic rings. The van der Waals surface area contributed by atoms with Gasteiger partial charge in [0.15, 0.2) is 0 Å². The molecule has 0 saturated carbocycles. The maximum absolute atomic E-state index is 12.5. The number of nitriles is 1. The molecule has 2 amide bonds. The summed E-state index contributed by atoms with van der Waals surface area (Å²) in [4.78, 5) is 21.2. The Morgan fingerprint density at radius 3 is 2.89 bits per heavy atom. The summed E-state index contributed by atoms with van der Waals surface area (Å²) in [6.07, 6.45) is 1.91. The number of morpholine rings is 1. The van der Waals surface area contributed by atoms with Gasteiger partial charge < -0.3 is 19.9 Å². The first-order valence-electron chi connectivity index (χ1n) is 9.52. The second kappa shape index (κ2) is 8.33. The van der Waals surface area contributed by atoms with Crippen LogP contribution in [0.15, 0.2) is 28.7 Å². The molecule has 0 unspecified atom stereocenters. The number of halogens is 1. The number of aromatic nitrogens is 1. The number of amides is 2. The molecule has 7 nitrogen and oxygen atoms in total. The van der Waals surface area contributed by atoms with E-state index in [4.69, 9.17) is 9.72 Å². The highest BCUT2D eigenvalue weighted by Crippen LogP contribution is 2.27. The largest absolute Gasteiger partial charge is 0.378 e. The van der Waals surface area contributed by atoms with Crippen LogP contribution in [0.4, 0.5) is 10.6 Å². The quantitative estimate of drug-likeness (QED) is 0.771. The fourth-order valence-electron chi connectivity index (χ4n) is 3.77. The minimum absolute atomic E-state index is 0.0239. The van der Waals surface area contributed by atoms with Crippen molar-refractivity contribution >= 4 is 38.7 Å². The van der Waals surface area contributed by atoms with Gasteiger partial charge in [-0.2, -0.15) is 5.26 Å². The number of rotatable bonds is 2. The zero-order valence-electron chi connectivity index (χ0n) is 15.5. The number of anilines is 1. The van der Waals surface area contributed by atoms with E-state index >= 15 is 0 Å². The lowest BCUT2D eigenvalue weighted by atomic mass is 10.0. The van der Waals surface area contributed by atoms with Crippen molar-refractivity contribution in [1.29, 1.82) is 5.26 Å². The van der Waals surface area contributed by atoms with Crippen LogP contribution >= 0.6 is 15.9 Å². The van der Waals surface area contributed by atoms with Gasteiger partial charge in [0.05, 0.1) is 30.4 Å². The van der Waals surface area contributed by atoms with Gasteiger partial charge in [-0.15, -0.1) is 0 Å². The Morgan fingerprint density at radius 2 is 2.11 bits per heavy atom. The van der Waals surface area contributed by atoms with Gasteiger partial charge in [0.1, 0.15) is 5.82 Å². The molecule has 4 rings (SSSR count). The van der Waals surface area contributed by atoms with Gasteiger partial charge in [0.25, 0.3) is 0 Å². The molecule has 0 radical (unpaired) electrons. The van der Waals surface area contributed by atoms with E-state index in [0.717, 1.165) is 40.6 Å². The van der Waals surface area contributed by atoms with Crippen molar-refractivity contribution in [1.82, 2.24) is 15.2 Å². The van der Waals surface area contributed by atoms with Crippen molar-refractivity contribution in [2.24, 2.45) is 0 Å². The van der Waals surface area contributed by atoms with E-state index in [-0.39, 0.29) is 12.1 Å². The Hall–Kier alpha value is -2.37. The van der Waals surface area contributed by atoms with Crippen LogP contribution in [-0.2, 0) is 4.74 Å². The minimum Gasteiger partial charge on any atom is -0.378 e. The van der Waals surface area contributed by atoms with Crippen molar-refractivity contribution in [2.75, 3.05) is 44.3 Å². The van der Waals surface area contributed by atoms with Crippen molar-refractivity contribution < 1.29 is 9.53 Å². The third kappa shape index (κ3) is 4.05. The lowest BCUT2D eigenvalue weighted by Crippen LogP contribution is -2.53. The normalized spacial score (nSPS) is 20.1. The van der Waals surface area contributed by atoms with Gasteiger partial charge >= 0.3 is 6.03 Å². The monoisotopic (exact) mass is 443 g/mol. The van der Waals surface area contributed by atoms with Crippen molar-refractivity contribution in [3.63, 3.8) is 0 Å². The molecule has 1 atom stereocenters. The number of benzene rings is 1. The zero-order valence-corrected chi connectivity index (χ0v) is 17.1. The second-order valence-electron chi connectivity index (χ2n) is 7.14. The summed E-state index contributed by atoms with van der Waals surface area (Å²) in [6, 6.07) is 9.96. The minimum atomic E-state index is -0.0239. The first-order chi connectivity index (χ1) is 13.6. The van der Waals surface area contributed by atoms with Crippen molar-refractivity contribution in [3.05, 3.63) is 34.3 Å². The SMILES string of the molecule is N#Cc1cc(N2CCC[C@H](NC(=O)N3CCOCC3)C2)nc2ccc(Br)cc12. The van der Waals surface area contributed by atoms with Gasteiger partial charge in [0, 0.05) is 42.1 Å². The summed E-state index contributed by atoms with van der Waals surface area (Å²) in [5.41, 5.74) is 1.41. The molecule has 2 aliphatic rings. The third-order valence-electron chi connectivity index (χ3n) is 5.25. The van der Waals surface area contributed by atoms with Crippen LogP contribution in [-0.4, -0.2) is 61.3 Å². The average Bonchev–Trinajstić information content (AvgIpc) is 2.73. The summed E-state index contributed by atoms with van der Waals surface area (Å²) in [6.45, 7) is 4.02. The molecule has 0 bridgehead atoms. The van der Waals surface area contributed by atoms with E-state index in [0.29, 0.717) is 38.4 Å². The van der Waals surface area contributed by atoms with E-state index in [2.05, 4.69) is 32.2 Å². The lowest BCUT2D eigenvalue weighted by Gasteiger charge is -2.36. The van der Waals surface area contributed by atoms with Crippen LogP contribution in [0.25, 0.3) is 10.9 Å². The number of urea groups is 1. The molecule has 8 heteroatoms. The molecular weight excluding hydrogens is 422 g/mol. The summed E-state index contributed by atoms with van der Waals surface area (Å²) in [5, 5.41) is 13.6. The van der Waals surface area contributed by atoms with E-state index in [1.165, 1.54) is 0 Å². The van der Waals surface area contributed by atoms with Crippen LogP contribution in [0.1, 0.15) is 18.4 Å². The van der Waals surface area contributed by atoms with Crippen LogP contribution in [0.2, 0.25) is 0 Å². The molecule has 28 heavy (non-hydrogen) atoms. The smallest absolute Gasteiger partial charge is 0.317 e. The van der Waals surface area contributed by atoms with Crippen molar-refractivity contribution in [3.8, 4) is 6.07 Å². The van der Waals surface area contributed by atoms with Crippen molar-refractivity contribution in [2.45, 2.75) is 18.9 Å². The number of fused-ring (bicyclic) bond motifs is 1. The fraction of sp³-hybridized carbons (Fsp3) is 0.450. The molecule has 2 saturated heterocycles. The van der Waals surface area contributed by atoms with Gasteiger partial charge in [-0.3, -0.25) is 0 Å². The molecule has 0 spiro atoms. The molecule has 2 aliphatic heterocycles. The van der Waals surface area contributed by atoms with Gasteiger partial charge in [-0.05, 0) is 37.1 Å². The number of pyridine rings is 1. The Bertz CT molecular complexity index is 923. The highest BCUT2D eigenvalue weighted by atomic mass is 79.9. The molecule has 2 fully saturated rings. The zero-order chi connectivity index (χ0) is 19.5. The molecule has 1 aromatic heterocycles. The van der Waals surface area contributed by atoms with Crippen LogP contribution in [0.5, 0.6) is 0 Å². The van der Waals surface area contributed by atoms with E-state index < -0.39 is 0 Å². The Morgan fingerprint density at radius 1 is 1.29 bits per heavy atom. The predicted molar refractivity (Wildman–Crippen MR) is 110 cm³/mol. The predicted octanol–water partition coefficient (Wildman–Crippen LogP) is 2.88. The Kier molecular flexibility index (Phi) is 5.64. The first kappa shape index (κ1) is 19.0. The van der Waals surface area contributed by atoms with E-state index in [9.17, 15) is 10.1 Å². The maximum Gasteiger partial charge on any atom is 0.317 e. The number of ether oxygens (including phenoxy) is 1. The number of carbonyl (C=O) groups is 1. The summed E-state index contributed by atoms with van der Waals surface area (Å²) < 4.78 is 6.24. The van der Waals surface area contributed by atoms with Gasteiger partial charge in [-0.25, -0.2) is 9.78 Å². The van der Waals surface area contributed by atoms with Crippen LogP contribution < -0.4 is 10.2 Å². The molecule has 146 valence electrons. The Balaban J connectivity index is 1.50. The van der Waals surface area contributed by atoms with E-state index in [1.807, 2.05) is 29.2 Å². The standard InChI is InChI=1S/C20H22BrN5O2/c21-15-3-4-18-17(11-15)14(12-22)10-19(24-18)26-5-1-2-16(13-26)23-20(27)25-6-8-28-9-7-25/h3-4,10-11,16H,1-2,5-9,13H2,(H,23,27)/t16-/m0/s1. The molecular formula is C20H22BrN5O2. The summed E-state index contributed by atoms with van der Waals surface area (Å²) in [5.74, 6) is 0.789. The second-order valence-corrected chi connectivity index (χ2v) is 8.05. The molecule has 1 aromatic carbocycles. The third-order valence-corrected chi connectivity index (χ3v) is 5.74. The average molecular weight is 444 g/mol. The van der Waals surface area contributed by atoms with Gasteiger partial charge in [0.2, 0.25) is 0 Å². The Labute approximate surface area is 172 Å². The summed E-state index contributed by atoms with van der Waals surface area (Å²) in [7, 11) is 0. The number of carbonyl (C=O) groups excluding carboxylic acids is 1. The number of piperidine rings is 1. The topological polar surface area (TPSA) is 81.5 Å². The number of nitrogens with zero attached hydrogens (tertiary/aromatic N) is 4. The van der Waals surface area contributed by atoms with Crippen LogP contribution in [0, 0.1) is 11.3 Å². The fourth-order valence-corrected chi connectivity index (χ4v) is 4.13. The molecule has 0 aliphatic carbocycles. The van der Waals surface area contributed by atoms with E-state index in [1.54, 1.807) is 0 Å². The molecule has 1 N–H and O–H groups in total. The first-order valence-corrected chi connectivity index (χ1v) is 10.3. The van der Waals surface area contributed by atoms with Crippen LogP contribution in [0.3, 0.4) is 0 Å². The molecule has 3 heterocycles. The summed E-state index contributed by atoms with van der Waals surface area (Å²) >= 11 is 3.45. The lowest BCUT2D eigenvalue weighted by molar-refractivity contribution is 0.0523. The maximum atomic E-state index is 12.5. The number of hydrogen-bond acceptors (Lipinski definition) is 5.